The van der Waals surface area contributed by atoms with Gasteiger partial charge in [-0.15, -0.1) is 11.3 Å². The van der Waals surface area contributed by atoms with Crippen LogP contribution in [-0.2, 0) is 19.1 Å². The smallest absolute Gasteiger partial charge is 0.338 e. The summed E-state index contributed by atoms with van der Waals surface area (Å²) in [4.78, 5) is 40.0. The number of amidine groups is 1. The largest absolute Gasteiger partial charge is 0.463 e. The number of fused-ring (bicyclic) bond motifs is 1. The Labute approximate surface area is 274 Å². The summed E-state index contributed by atoms with van der Waals surface area (Å²) in [6.07, 6.45) is 1.85. The molecule has 0 bridgehead atoms. The maximum atomic E-state index is 15.9. The van der Waals surface area contributed by atoms with Crippen molar-refractivity contribution in [3.8, 4) is 0 Å². The molecular weight excluding hydrogens is 612 g/mol. The first-order valence-corrected chi connectivity index (χ1v) is 16.8. The first-order chi connectivity index (χ1) is 21.7. The molecule has 0 spiro atoms. The van der Waals surface area contributed by atoms with Gasteiger partial charge in [-0.1, -0.05) is 12.1 Å². The Bertz CT molecular complexity index is 1500. The molecule has 2 fully saturated rings. The van der Waals surface area contributed by atoms with Crippen molar-refractivity contribution >= 4 is 29.1 Å². The van der Waals surface area contributed by atoms with Crippen LogP contribution >= 0.6 is 11.3 Å². The Morgan fingerprint density at radius 3 is 2.61 bits per heavy atom. The van der Waals surface area contributed by atoms with Crippen LogP contribution in [0.1, 0.15) is 76.6 Å². The summed E-state index contributed by atoms with van der Waals surface area (Å²) in [5.41, 5.74) is 0.482. The number of nitrogens with zero attached hydrogens (tertiary/aromatic N) is 4. The van der Waals surface area contributed by atoms with E-state index in [0.29, 0.717) is 47.2 Å². The van der Waals surface area contributed by atoms with Crippen LogP contribution in [0.25, 0.3) is 0 Å². The highest BCUT2D eigenvalue weighted by molar-refractivity contribution is 7.11. The number of aromatic nitrogens is 1. The van der Waals surface area contributed by atoms with E-state index >= 15 is 4.39 Å². The summed E-state index contributed by atoms with van der Waals surface area (Å²) in [6, 6.07) is 3.50. The zero-order chi connectivity index (χ0) is 33.4. The molecule has 46 heavy (non-hydrogen) atoms. The molecule has 1 N–H and O–H groups in total. The molecule has 3 aliphatic heterocycles. The summed E-state index contributed by atoms with van der Waals surface area (Å²) in [5, 5.41) is 5.80. The second-order valence-corrected chi connectivity index (χ2v) is 14.8. The summed E-state index contributed by atoms with van der Waals surface area (Å²) in [7, 11) is 0. The van der Waals surface area contributed by atoms with E-state index < -0.39 is 35.0 Å². The first kappa shape index (κ1) is 34.1. The van der Waals surface area contributed by atoms with Crippen LogP contribution < -0.4 is 5.32 Å². The number of benzene rings is 1. The number of alkyl halides is 1. The average Bonchev–Trinajstić information content (AvgIpc) is 3.72. The Kier molecular flexibility index (Phi) is 10.0. The number of likely N-dealkylation sites (tertiary alicyclic amines) is 2. The molecule has 250 valence electrons. The van der Waals surface area contributed by atoms with Crippen molar-refractivity contribution in [2.75, 3.05) is 32.8 Å². The molecule has 2 aromatic rings. The molecule has 4 heterocycles. The predicted octanol–water partition coefficient (Wildman–Crippen LogP) is 5.35. The SMILES string of the molecule is CCOC(=O)C1=C(CN2CC(F)C3C2CCN3CCC(C)(C)C(=O)OC(C)(C)C)NC(c2nccs2)=N[C@H]1c1cccc(F)c1C. The number of rotatable bonds is 10. The third kappa shape index (κ3) is 7.18. The monoisotopic (exact) mass is 657 g/mol. The van der Waals surface area contributed by atoms with Crippen LogP contribution in [0, 0.1) is 18.2 Å². The fraction of sp³-hybridized carbons (Fsp3) is 0.588. The van der Waals surface area contributed by atoms with Crippen LogP contribution in [0.4, 0.5) is 8.78 Å². The fourth-order valence-corrected chi connectivity index (χ4v) is 7.14. The van der Waals surface area contributed by atoms with E-state index in [1.54, 1.807) is 32.2 Å². The van der Waals surface area contributed by atoms with E-state index in [-0.39, 0.29) is 43.3 Å². The topological polar surface area (TPSA) is 96.4 Å². The number of thiazole rings is 1. The highest BCUT2D eigenvalue weighted by atomic mass is 32.1. The minimum absolute atomic E-state index is 0.0890. The third-order valence-electron chi connectivity index (χ3n) is 8.97. The summed E-state index contributed by atoms with van der Waals surface area (Å²) in [6.45, 7) is 14.6. The molecule has 4 atom stereocenters. The fourth-order valence-electron chi connectivity index (χ4n) is 6.55. The maximum absolute atomic E-state index is 15.9. The summed E-state index contributed by atoms with van der Waals surface area (Å²) >= 11 is 1.40. The average molecular weight is 658 g/mol. The zero-order valence-electron chi connectivity index (χ0n) is 27.7. The van der Waals surface area contributed by atoms with Gasteiger partial charge in [0, 0.05) is 43.0 Å². The minimum atomic E-state index is -1.11. The number of ether oxygens (including phenoxy) is 2. The molecule has 12 heteroatoms. The van der Waals surface area contributed by atoms with Gasteiger partial charge in [-0.3, -0.25) is 19.6 Å². The van der Waals surface area contributed by atoms with Gasteiger partial charge in [0.2, 0.25) is 0 Å². The maximum Gasteiger partial charge on any atom is 0.338 e. The number of nitrogens with one attached hydrogen (secondary N) is 1. The van der Waals surface area contributed by atoms with Gasteiger partial charge in [0.25, 0.3) is 0 Å². The number of aliphatic imine (C=N–C) groups is 1. The minimum Gasteiger partial charge on any atom is -0.463 e. The second-order valence-electron chi connectivity index (χ2n) is 13.9. The Morgan fingerprint density at radius 2 is 1.93 bits per heavy atom. The second kappa shape index (κ2) is 13.5. The van der Waals surface area contributed by atoms with Gasteiger partial charge < -0.3 is 14.8 Å². The first-order valence-electron chi connectivity index (χ1n) is 16.0. The predicted molar refractivity (Wildman–Crippen MR) is 174 cm³/mol. The van der Waals surface area contributed by atoms with Gasteiger partial charge in [-0.25, -0.2) is 18.6 Å². The van der Waals surface area contributed by atoms with E-state index in [1.807, 2.05) is 40.0 Å². The number of carbonyl (C=O) groups is 2. The molecule has 0 aliphatic carbocycles. The molecular formula is C34H45F2N5O4S. The molecule has 0 radical (unpaired) electrons. The molecule has 0 amide bonds. The molecule has 0 saturated carbocycles. The molecule has 3 aliphatic rings. The van der Waals surface area contributed by atoms with Crippen molar-refractivity contribution in [1.82, 2.24) is 20.1 Å². The lowest BCUT2D eigenvalue weighted by molar-refractivity contribution is -0.166. The van der Waals surface area contributed by atoms with E-state index in [2.05, 4.69) is 20.1 Å². The zero-order valence-corrected chi connectivity index (χ0v) is 28.5. The van der Waals surface area contributed by atoms with Crippen molar-refractivity contribution in [3.05, 3.63) is 63.0 Å². The number of carbonyl (C=O) groups excluding carboxylic acids is 2. The Balaban J connectivity index is 1.42. The van der Waals surface area contributed by atoms with Gasteiger partial charge in [-0.05, 0) is 85.0 Å². The molecule has 5 rings (SSSR count). The number of halogens is 2. The number of hydrogen-bond acceptors (Lipinski definition) is 10. The highest BCUT2D eigenvalue weighted by Crippen LogP contribution is 2.39. The van der Waals surface area contributed by atoms with Crippen molar-refractivity contribution in [2.24, 2.45) is 10.4 Å². The quantitative estimate of drug-likeness (QED) is 0.342. The summed E-state index contributed by atoms with van der Waals surface area (Å²) in [5.74, 6) is -0.735. The molecule has 1 aromatic carbocycles. The summed E-state index contributed by atoms with van der Waals surface area (Å²) < 4.78 is 41.8. The molecule has 1 aromatic heterocycles. The molecule has 2 saturated heterocycles. The van der Waals surface area contributed by atoms with Gasteiger partial charge in [0.15, 0.2) is 10.8 Å². The van der Waals surface area contributed by atoms with Crippen molar-refractivity contribution in [1.29, 1.82) is 0 Å². The van der Waals surface area contributed by atoms with Crippen molar-refractivity contribution in [2.45, 2.75) is 91.2 Å². The van der Waals surface area contributed by atoms with E-state index in [1.165, 1.54) is 17.4 Å². The van der Waals surface area contributed by atoms with Crippen molar-refractivity contribution in [3.63, 3.8) is 0 Å². The Hall–Kier alpha value is -3.22. The van der Waals surface area contributed by atoms with E-state index in [9.17, 15) is 14.0 Å². The van der Waals surface area contributed by atoms with E-state index in [4.69, 9.17) is 14.5 Å². The van der Waals surface area contributed by atoms with Gasteiger partial charge in [-0.2, -0.15) is 0 Å². The standard InChI is InChI=1S/C34H45F2N5O4S/c1-8-44-31(42)26-24(38-29(30-37-14-17-46-30)39-27(26)21-10-9-11-22(35)20(21)2)19-41-18-23(36)28-25(41)12-15-40(28)16-13-34(6,7)32(43)45-33(3,4)5/h9-11,14,17,23,25,27-28H,8,12-13,15-16,18-19H2,1-7H3,(H,38,39)/t23?,25?,27-,28?/m0/s1. The third-order valence-corrected chi connectivity index (χ3v) is 9.75. The lowest BCUT2D eigenvalue weighted by Gasteiger charge is -2.32. The molecule has 9 nitrogen and oxygen atoms in total. The number of esters is 2. The van der Waals surface area contributed by atoms with Gasteiger partial charge in [0.1, 0.15) is 23.6 Å². The normalized spacial score (nSPS) is 24.1. The van der Waals surface area contributed by atoms with Crippen molar-refractivity contribution < 1.29 is 27.8 Å². The van der Waals surface area contributed by atoms with Gasteiger partial charge in [0.05, 0.1) is 23.6 Å². The number of hydrogen-bond donors (Lipinski definition) is 1. The van der Waals surface area contributed by atoms with Crippen LogP contribution in [0.2, 0.25) is 0 Å². The lowest BCUT2D eigenvalue weighted by atomic mass is 9.88. The van der Waals surface area contributed by atoms with Crippen LogP contribution in [-0.4, -0.2) is 89.2 Å². The van der Waals surface area contributed by atoms with Crippen LogP contribution in [0.15, 0.2) is 46.0 Å². The Morgan fingerprint density at radius 1 is 1.17 bits per heavy atom. The van der Waals surface area contributed by atoms with Crippen LogP contribution in [0.3, 0.4) is 0 Å². The molecule has 3 unspecified atom stereocenters. The van der Waals surface area contributed by atoms with Gasteiger partial charge >= 0.3 is 11.9 Å². The lowest BCUT2D eigenvalue weighted by Crippen LogP contribution is -2.44. The highest BCUT2D eigenvalue weighted by Gasteiger charge is 2.50. The van der Waals surface area contributed by atoms with Crippen LogP contribution in [0.5, 0.6) is 0 Å². The van der Waals surface area contributed by atoms with E-state index in [0.717, 1.165) is 6.42 Å².